The van der Waals surface area contributed by atoms with Crippen molar-refractivity contribution in [3.63, 3.8) is 0 Å². The van der Waals surface area contributed by atoms with Crippen molar-refractivity contribution < 1.29 is 0 Å². The van der Waals surface area contributed by atoms with Crippen LogP contribution in [-0.2, 0) is 0 Å². The molecule has 1 heterocycles. The Hall–Kier alpha value is -2.12. The largest absolute Gasteiger partial charge is 0.338 e. The first-order valence-electron chi connectivity index (χ1n) is 4.95. The zero-order valence-electron chi connectivity index (χ0n) is 9.11. The Morgan fingerprint density at radius 1 is 1.29 bits per heavy atom. The van der Waals surface area contributed by atoms with E-state index < -0.39 is 0 Å². The quantitative estimate of drug-likeness (QED) is 0.882. The highest BCUT2D eigenvalue weighted by Gasteiger charge is 2.07. The summed E-state index contributed by atoms with van der Waals surface area (Å²) in [6.45, 7) is 1.90. The van der Waals surface area contributed by atoms with E-state index in [1.807, 2.05) is 31.2 Å². The van der Waals surface area contributed by atoms with Crippen molar-refractivity contribution in [3.8, 4) is 6.07 Å². The van der Waals surface area contributed by atoms with Crippen molar-refractivity contribution in [2.75, 3.05) is 5.32 Å². The van der Waals surface area contributed by atoms with Crippen molar-refractivity contribution in [2.45, 2.75) is 6.92 Å². The Morgan fingerprint density at radius 2 is 2.06 bits per heavy atom. The summed E-state index contributed by atoms with van der Waals surface area (Å²) >= 11 is 6.01. The molecule has 0 radical (unpaired) electrons. The first kappa shape index (κ1) is 11.4. The second-order valence-electron chi connectivity index (χ2n) is 3.40. The number of nitriles is 1. The number of anilines is 2. The maximum absolute atomic E-state index is 8.90. The van der Waals surface area contributed by atoms with Gasteiger partial charge in [-0.3, -0.25) is 0 Å². The van der Waals surface area contributed by atoms with Crippen molar-refractivity contribution >= 4 is 23.1 Å². The molecular formula is C12H9ClN4. The van der Waals surface area contributed by atoms with Gasteiger partial charge in [0.25, 0.3) is 0 Å². The zero-order valence-corrected chi connectivity index (χ0v) is 9.86. The van der Waals surface area contributed by atoms with Gasteiger partial charge in [-0.1, -0.05) is 17.7 Å². The maximum Gasteiger partial charge on any atom is 0.183 e. The van der Waals surface area contributed by atoms with Gasteiger partial charge >= 0.3 is 0 Å². The van der Waals surface area contributed by atoms with Crippen molar-refractivity contribution in [1.82, 2.24) is 9.97 Å². The number of rotatable bonds is 2. The van der Waals surface area contributed by atoms with Gasteiger partial charge in [0.1, 0.15) is 6.07 Å². The van der Waals surface area contributed by atoms with Gasteiger partial charge in [0.15, 0.2) is 11.5 Å². The van der Waals surface area contributed by atoms with Crippen LogP contribution in [0.2, 0.25) is 5.02 Å². The average Bonchev–Trinajstić information content (AvgIpc) is 2.35. The van der Waals surface area contributed by atoms with E-state index in [2.05, 4.69) is 15.3 Å². The van der Waals surface area contributed by atoms with E-state index in [-0.39, 0.29) is 5.69 Å². The van der Waals surface area contributed by atoms with E-state index in [0.717, 1.165) is 11.3 Å². The molecule has 1 aromatic heterocycles. The lowest BCUT2D eigenvalue weighted by Gasteiger charge is -2.10. The van der Waals surface area contributed by atoms with Crippen LogP contribution < -0.4 is 5.32 Å². The van der Waals surface area contributed by atoms with Crippen molar-refractivity contribution in [1.29, 1.82) is 5.26 Å². The number of hydrogen-bond acceptors (Lipinski definition) is 4. The topological polar surface area (TPSA) is 61.6 Å². The molecule has 4 nitrogen and oxygen atoms in total. The molecule has 0 saturated heterocycles. The molecule has 0 atom stereocenters. The summed E-state index contributed by atoms with van der Waals surface area (Å²) in [6.07, 6.45) is 3.01. The minimum atomic E-state index is 0.256. The van der Waals surface area contributed by atoms with Crippen LogP contribution in [-0.4, -0.2) is 9.97 Å². The predicted molar refractivity (Wildman–Crippen MR) is 66.2 cm³/mol. The maximum atomic E-state index is 8.90. The molecule has 0 aliphatic carbocycles. The first-order chi connectivity index (χ1) is 8.22. The normalized spacial score (nSPS) is 9.71. The highest BCUT2D eigenvalue weighted by atomic mass is 35.5. The van der Waals surface area contributed by atoms with E-state index in [0.29, 0.717) is 10.8 Å². The molecule has 1 aromatic carbocycles. The van der Waals surface area contributed by atoms with Crippen LogP contribution in [0.1, 0.15) is 11.3 Å². The van der Waals surface area contributed by atoms with E-state index in [1.165, 1.54) is 12.4 Å². The third-order valence-corrected chi connectivity index (χ3v) is 2.73. The van der Waals surface area contributed by atoms with E-state index in [9.17, 15) is 0 Å². The smallest absolute Gasteiger partial charge is 0.183 e. The molecule has 5 heteroatoms. The molecule has 0 aliphatic rings. The fourth-order valence-corrected chi connectivity index (χ4v) is 1.56. The number of benzene rings is 1. The van der Waals surface area contributed by atoms with E-state index in [4.69, 9.17) is 16.9 Å². The van der Waals surface area contributed by atoms with Crippen LogP contribution in [0.15, 0.2) is 30.6 Å². The highest BCUT2D eigenvalue weighted by molar-refractivity contribution is 6.31. The SMILES string of the molecule is Cc1c(Cl)cccc1Nc1nccnc1C#N. The molecule has 0 amide bonds. The number of halogens is 1. The van der Waals surface area contributed by atoms with Gasteiger partial charge in [-0.15, -0.1) is 0 Å². The van der Waals surface area contributed by atoms with Crippen LogP contribution in [0.3, 0.4) is 0 Å². The summed E-state index contributed by atoms with van der Waals surface area (Å²) in [5, 5.41) is 12.6. The number of aromatic nitrogens is 2. The Kier molecular flexibility index (Phi) is 3.22. The molecule has 0 aliphatic heterocycles. The lowest BCUT2D eigenvalue weighted by atomic mass is 10.2. The fraction of sp³-hybridized carbons (Fsp3) is 0.0833. The molecular weight excluding hydrogens is 236 g/mol. The summed E-state index contributed by atoms with van der Waals surface area (Å²) in [7, 11) is 0. The molecule has 17 heavy (non-hydrogen) atoms. The number of nitrogens with one attached hydrogen (secondary N) is 1. The van der Waals surface area contributed by atoms with Gasteiger partial charge in [0.2, 0.25) is 0 Å². The van der Waals surface area contributed by atoms with Crippen LogP contribution in [0, 0.1) is 18.3 Å². The Labute approximate surface area is 104 Å². The van der Waals surface area contributed by atoms with Gasteiger partial charge < -0.3 is 5.32 Å². The third-order valence-electron chi connectivity index (χ3n) is 2.32. The Balaban J connectivity index is 2.39. The van der Waals surface area contributed by atoms with Crippen molar-refractivity contribution in [2.24, 2.45) is 0 Å². The molecule has 84 valence electrons. The lowest BCUT2D eigenvalue weighted by molar-refractivity contribution is 1.16. The molecule has 0 unspecified atom stereocenters. The van der Waals surface area contributed by atoms with Crippen LogP contribution in [0.25, 0.3) is 0 Å². The fourth-order valence-electron chi connectivity index (χ4n) is 1.38. The zero-order chi connectivity index (χ0) is 12.3. The molecule has 0 bridgehead atoms. The van der Waals surface area contributed by atoms with Gasteiger partial charge in [-0.05, 0) is 24.6 Å². The molecule has 1 N–H and O–H groups in total. The Bertz CT molecular complexity index is 589. The monoisotopic (exact) mass is 244 g/mol. The van der Waals surface area contributed by atoms with Gasteiger partial charge in [-0.2, -0.15) is 5.26 Å². The first-order valence-corrected chi connectivity index (χ1v) is 5.33. The summed E-state index contributed by atoms with van der Waals surface area (Å²) in [5.74, 6) is 0.431. The summed E-state index contributed by atoms with van der Waals surface area (Å²) in [4.78, 5) is 8.00. The second-order valence-corrected chi connectivity index (χ2v) is 3.81. The van der Waals surface area contributed by atoms with E-state index in [1.54, 1.807) is 0 Å². The summed E-state index contributed by atoms with van der Waals surface area (Å²) < 4.78 is 0. The van der Waals surface area contributed by atoms with Gasteiger partial charge in [0, 0.05) is 23.1 Å². The summed E-state index contributed by atoms with van der Waals surface area (Å²) in [6, 6.07) is 7.50. The minimum Gasteiger partial charge on any atom is -0.338 e. The molecule has 0 saturated carbocycles. The highest BCUT2D eigenvalue weighted by Crippen LogP contribution is 2.25. The van der Waals surface area contributed by atoms with Crippen LogP contribution >= 0.6 is 11.6 Å². The number of nitrogens with zero attached hydrogens (tertiary/aromatic N) is 3. The third kappa shape index (κ3) is 2.35. The number of hydrogen-bond donors (Lipinski definition) is 1. The molecule has 2 aromatic rings. The minimum absolute atomic E-state index is 0.256. The van der Waals surface area contributed by atoms with Gasteiger partial charge in [-0.25, -0.2) is 9.97 Å². The molecule has 2 rings (SSSR count). The Morgan fingerprint density at radius 3 is 2.82 bits per heavy atom. The predicted octanol–water partition coefficient (Wildman–Crippen LogP) is 3.05. The standard InChI is InChI=1S/C12H9ClN4/c1-8-9(13)3-2-4-10(8)17-12-11(7-14)15-5-6-16-12/h2-6H,1H3,(H,16,17). The van der Waals surface area contributed by atoms with Crippen LogP contribution in [0.4, 0.5) is 11.5 Å². The van der Waals surface area contributed by atoms with E-state index >= 15 is 0 Å². The molecule has 0 fully saturated rings. The lowest BCUT2D eigenvalue weighted by Crippen LogP contribution is -2.00. The second kappa shape index (κ2) is 4.81. The molecule has 0 spiro atoms. The van der Waals surface area contributed by atoms with Crippen molar-refractivity contribution in [3.05, 3.63) is 46.9 Å². The summed E-state index contributed by atoms with van der Waals surface area (Å²) in [5.41, 5.74) is 1.98. The average molecular weight is 245 g/mol. The van der Waals surface area contributed by atoms with Gasteiger partial charge in [0.05, 0.1) is 0 Å². The van der Waals surface area contributed by atoms with Crippen LogP contribution in [0.5, 0.6) is 0 Å².